The number of carbonyl (C=O) groups excluding carboxylic acids is 5. The Kier molecular flexibility index (Phi) is 15.7. The molecule has 0 saturated heterocycles. The van der Waals surface area contributed by atoms with Crippen LogP contribution in [0, 0.1) is 58.2 Å². The largest absolute Gasteiger partial charge is 0.463 e. The Morgan fingerprint density at radius 3 is 1.76 bits per heavy atom. The van der Waals surface area contributed by atoms with Crippen molar-refractivity contribution in [1.82, 2.24) is 0 Å². The van der Waals surface area contributed by atoms with Crippen molar-refractivity contribution in [2.45, 2.75) is 196 Å². The van der Waals surface area contributed by atoms with Crippen LogP contribution < -0.4 is 0 Å². The lowest BCUT2D eigenvalue weighted by Crippen LogP contribution is -2.58. The van der Waals surface area contributed by atoms with Crippen molar-refractivity contribution in [3.05, 3.63) is 0 Å². The van der Waals surface area contributed by atoms with Gasteiger partial charge in [-0.25, -0.2) is 0 Å². The maximum Gasteiger partial charge on any atom is 0.463 e. The van der Waals surface area contributed by atoms with Gasteiger partial charge in [-0.1, -0.05) is 81.6 Å². The molecule has 4 saturated carbocycles. The number of hydrogen-bond acceptors (Lipinski definition) is 9. The zero-order valence-corrected chi connectivity index (χ0v) is 35.3. The summed E-state index contributed by atoms with van der Waals surface area (Å²) >= 11 is 0. The molecule has 9 heteroatoms. The van der Waals surface area contributed by atoms with Crippen LogP contribution in [0.25, 0.3) is 0 Å². The first-order valence-electron chi connectivity index (χ1n) is 22.0. The third-order valence-corrected chi connectivity index (χ3v) is 14.5. The van der Waals surface area contributed by atoms with Crippen LogP contribution in [0.3, 0.4) is 0 Å². The van der Waals surface area contributed by atoms with E-state index in [4.69, 9.17) is 18.9 Å². The Labute approximate surface area is 326 Å². The van der Waals surface area contributed by atoms with E-state index in [1.54, 1.807) is 0 Å². The standard InChI is InChI=1S/C45H74O9/c1-10-16-38(47)51-42(45(52-39(48)17-11-2,53-40(49)18-12-3)54-41(50)19-13-4)31(29(5)6)22-21-30(7)33-23-24-34-32-28-37(46)36-20-14-15-26-43(36,8)35(32)25-27-44(33,34)9/h29-36,42H,10-28H2,1-9H3/t30-,31-,32+,33-,34+,35+,36?,42?,43-,44-/m1/s1. The number of Topliss-reactive ketones (excluding diaryl/α,β-unsaturated/α-hetero) is 1. The van der Waals surface area contributed by atoms with Gasteiger partial charge in [-0.2, -0.15) is 0 Å². The van der Waals surface area contributed by atoms with E-state index in [9.17, 15) is 24.0 Å². The SMILES string of the molecule is CCCC(=O)OC([C@H](CC[C@@H](C)[C@H]1CC[C@H]2[C@@H]3CC(=O)C4CCCC[C@]4(C)[C@H]3CC[C@]12C)C(C)C)C(OC(=O)CCC)(OC(=O)CCC)OC(=O)CCC. The maximum atomic E-state index is 13.7. The minimum Gasteiger partial charge on any atom is -0.449 e. The predicted octanol–water partition coefficient (Wildman–Crippen LogP) is 10.3. The van der Waals surface area contributed by atoms with Crippen LogP contribution in [-0.2, 0) is 42.9 Å². The molecule has 9 nitrogen and oxygen atoms in total. The smallest absolute Gasteiger partial charge is 0.449 e. The fraction of sp³-hybridized carbons (Fsp3) is 0.889. The zero-order valence-electron chi connectivity index (χ0n) is 35.3. The Hall–Kier alpha value is -2.45. The Bertz CT molecular complexity index is 1260. The van der Waals surface area contributed by atoms with E-state index in [2.05, 4.69) is 20.8 Å². The highest BCUT2D eigenvalue weighted by atomic mass is 16.9. The first-order valence-corrected chi connectivity index (χ1v) is 22.0. The van der Waals surface area contributed by atoms with Gasteiger partial charge in [0.05, 0.1) is 0 Å². The molecule has 54 heavy (non-hydrogen) atoms. The highest BCUT2D eigenvalue weighted by Crippen LogP contribution is 2.68. The van der Waals surface area contributed by atoms with Gasteiger partial charge in [-0.3, -0.25) is 24.0 Å². The summed E-state index contributed by atoms with van der Waals surface area (Å²) < 4.78 is 24.1. The molecule has 0 radical (unpaired) electrons. The van der Waals surface area contributed by atoms with Crippen molar-refractivity contribution in [2.75, 3.05) is 0 Å². The van der Waals surface area contributed by atoms with E-state index in [-0.39, 0.29) is 48.3 Å². The average Bonchev–Trinajstić information content (AvgIpc) is 3.45. The lowest BCUT2D eigenvalue weighted by atomic mass is 9.44. The number of ether oxygens (including phenoxy) is 4. The van der Waals surface area contributed by atoms with Crippen LogP contribution in [0.4, 0.5) is 0 Å². The molecule has 0 aliphatic heterocycles. The molecule has 0 N–H and O–H groups in total. The number of esters is 4. The molecule has 308 valence electrons. The van der Waals surface area contributed by atoms with Crippen molar-refractivity contribution >= 4 is 29.7 Å². The van der Waals surface area contributed by atoms with E-state index in [1.165, 1.54) is 32.1 Å². The van der Waals surface area contributed by atoms with Crippen molar-refractivity contribution < 1.29 is 42.9 Å². The summed E-state index contributed by atoms with van der Waals surface area (Å²) in [5.41, 5.74) is 0.288. The molecular weight excluding hydrogens is 684 g/mol. The van der Waals surface area contributed by atoms with E-state index in [0.717, 1.165) is 32.1 Å². The topological polar surface area (TPSA) is 122 Å². The minimum absolute atomic E-state index is 0.00605. The number of fused-ring (bicyclic) bond motifs is 5. The van der Waals surface area contributed by atoms with E-state index < -0.39 is 41.9 Å². The predicted molar refractivity (Wildman–Crippen MR) is 207 cm³/mol. The van der Waals surface area contributed by atoms with E-state index in [1.807, 2.05) is 41.5 Å². The number of hydrogen-bond donors (Lipinski definition) is 0. The van der Waals surface area contributed by atoms with Crippen LogP contribution in [-0.4, -0.2) is 41.7 Å². The molecule has 0 heterocycles. The van der Waals surface area contributed by atoms with Gasteiger partial charge in [0, 0.05) is 43.9 Å². The third kappa shape index (κ3) is 9.56. The highest BCUT2D eigenvalue weighted by molar-refractivity contribution is 5.83. The molecule has 0 aromatic heterocycles. The molecule has 4 aliphatic rings. The summed E-state index contributed by atoms with van der Waals surface area (Å²) in [7, 11) is 0. The molecule has 2 unspecified atom stereocenters. The normalized spacial score (nSPS) is 31.0. The third-order valence-electron chi connectivity index (χ3n) is 14.5. The molecule has 0 bridgehead atoms. The molecule has 0 aromatic carbocycles. The van der Waals surface area contributed by atoms with Crippen LogP contribution in [0.15, 0.2) is 0 Å². The quantitative estimate of drug-likeness (QED) is 0.0935. The van der Waals surface area contributed by atoms with Crippen molar-refractivity contribution in [3.63, 3.8) is 0 Å². The second-order valence-electron chi connectivity index (χ2n) is 18.5. The fourth-order valence-corrected chi connectivity index (χ4v) is 11.9. The van der Waals surface area contributed by atoms with Gasteiger partial charge in [0.2, 0.25) is 6.10 Å². The summed E-state index contributed by atoms with van der Waals surface area (Å²) in [6.07, 6.45) is 12.2. The fourth-order valence-electron chi connectivity index (χ4n) is 11.9. The van der Waals surface area contributed by atoms with Crippen LogP contribution in [0.1, 0.15) is 184 Å². The monoisotopic (exact) mass is 759 g/mol. The number of carbonyl (C=O) groups is 5. The molecule has 4 fully saturated rings. The van der Waals surface area contributed by atoms with Gasteiger partial charge in [0.1, 0.15) is 5.78 Å². The maximum absolute atomic E-state index is 13.7. The average molecular weight is 759 g/mol. The summed E-state index contributed by atoms with van der Waals surface area (Å²) in [5.74, 6) is -2.56. The van der Waals surface area contributed by atoms with E-state index >= 15 is 0 Å². The Morgan fingerprint density at radius 1 is 0.685 bits per heavy atom. The highest BCUT2D eigenvalue weighted by Gasteiger charge is 2.62. The molecule has 10 atom stereocenters. The number of ketones is 1. The van der Waals surface area contributed by atoms with Crippen LogP contribution in [0.2, 0.25) is 0 Å². The van der Waals surface area contributed by atoms with Gasteiger partial charge >= 0.3 is 29.9 Å². The van der Waals surface area contributed by atoms with Gasteiger partial charge in [0.15, 0.2) is 0 Å². The molecule has 0 aromatic rings. The van der Waals surface area contributed by atoms with Crippen LogP contribution in [0.5, 0.6) is 0 Å². The summed E-state index contributed by atoms with van der Waals surface area (Å²) in [5, 5.41) is 0. The summed E-state index contributed by atoms with van der Waals surface area (Å²) in [6, 6.07) is 0. The first-order chi connectivity index (χ1) is 25.6. The lowest BCUT2D eigenvalue weighted by Gasteiger charge is -2.60. The second kappa shape index (κ2) is 19.1. The van der Waals surface area contributed by atoms with Crippen molar-refractivity contribution in [1.29, 1.82) is 0 Å². The molecule has 0 spiro atoms. The van der Waals surface area contributed by atoms with Gasteiger partial charge in [0.25, 0.3) is 0 Å². The zero-order chi connectivity index (χ0) is 39.8. The molecular formula is C45H74O9. The summed E-state index contributed by atoms with van der Waals surface area (Å²) in [6.45, 7) is 18.7. The lowest BCUT2D eigenvalue weighted by molar-refractivity contribution is -0.373. The van der Waals surface area contributed by atoms with Gasteiger partial charge in [-0.05, 0) is 117 Å². The first kappa shape index (κ1) is 44.3. The minimum atomic E-state index is -2.55. The Balaban J connectivity index is 1.65. The van der Waals surface area contributed by atoms with E-state index in [0.29, 0.717) is 67.5 Å². The van der Waals surface area contributed by atoms with Crippen molar-refractivity contribution in [2.24, 2.45) is 58.2 Å². The molecule has 4 rings (SSSR count). The molecule has 4 aliphatic carbocycles. The molecule has 0 amide bonds. The number of rotatable bonds is 19. The Morgan fingerprint density at radius 2 is 1.22 bits per heavy atom. The summed E-state index contributed by atoms with van der Waals surface area (Å²) in [4.78, 5) is 67.0. The van der Waals surface area contributed by atoms with Crippen LogP contribution >= 0.6 is 0 Å². The second-order valence-corrected chi connectivity index (χ2v) is 18.5. The van der Waals surface area contributed by atoms with Crippen molar-refractivity contribution in [3.8, 4) is 0 Å². The van der Waals surface area contributed by atoms with Gasteiger partial charge < -0.3 is 18.9 Å². The van der Waals surface area contributed by atoms with Gasteiger partial charge in [-0.15, -0.1) is 0 Å².